The highest BCUT2D eigenvalue weighted by molar-refractivity contribution is 7.17. The predicted octanol–water partition coefficient (Wildman–Crippen LogP) is 3.69. The first kappa shape index (κ1) is 16.3. The average molecular weight is 380 g/mol. The van der Waals surface area contributed by atoms with Gasteiger partial charge in [0.05, 0.1) is 5.39 Å². The van der Waals surface area contributed by atoms with Gasteiger partial charge in [-0.15, -0.1) is 21.5 Å². The van der Waals surface area contributed by atoms with Crippen molar-refractivity contribution in [1.29, 1.82) is 0 Å². The minimum absolute atomic E-state index is 0.242. The number of halogens is 1. The van der Waals surface area contributed by atoms with Crippen molar-refractivity contribution < 1.29 is 4.39 Å². The van der Waals surface area contributed by atoms with Gasteiger partial charge >= 0.3 is 0 Å². The number of rotatable bonds is 5. The third kappa shape index (κ3) is 2.95. The molecular weight excluding hydrogens is 363 g/mol. The summed E-state index contributed by atoms with van der Waals surface area (Å²) in [5.41, 5.74) is 1.97. The van der Waals surface area contributed by atoms with Crippen LogP contribution >= 0.6 is 11.3 Å². The number of anilines is 1. The van der Waals surface area contributed by atoms with Crippen molar-refractivity contribution in [2.45, 2.75) is 25.8 Å². The number of aromatic nitrogens is 5. The van der Waals surface area contributed by atoms with E-state index in [0.29, 0.717) is 6.54 Å². The highest BCUT2D eigenvalue weighted by atomic mass is 32.1. The van der Waals surface area contributed by atoms with E-state index in [0.717, 1.165) is 64.6 Å². The molecule has 0 fully saturated rings. The van der Waals surface area contributed by atoms with Crippen LogP contribution in [0.2, 0.25) is 0 Å². The summed E-state index contributed by atoms with van der Waals surface area (Å²) in [5, 5.41) is 15.0. The lowest BCUT2D eigenvalue weighted by atomic mass is 10.1. The van der Waals surface area contributed by atoms with Gasteiger partial charge in [0, 0.05) is 36.9 Å². The third-order valence-electron chi connectivity index (χ3n) is 4.85. The summed E-state index contributed by atoms with van der Waals surface area (Å²) in [7, 11) is 0. The van der Waals surface area contributed by atoms with Crippen LogP contribution in [-0.2, 0) is 19.4 Å². The van der Waals surface area contributed by atoms with Crippen LogP contribution in [0.4, 0.5) is 10.2 Å². The van der Waals surface area contributed by atoms with Crippen molar-refractivity contribution in [1.82, 2.24) is 24.7 Å². The molecule has 1 aliphatic rings. The fourth-order valence-electron chi connectivity index (χ4n) is 3.54. The van der Waals surface area contributed by atoms with Gasteiger partial charge in [-0.25, -0.2) is 14.4 Å². The minimum atomic E-state index is -0.242. The first-order valence-corrected chi connectivity index (χ1v) is 9.80. The molecule has 0 amide bonds. The molecule has 0 saturated carbocycles. The quantitative estimate of drug-likeness (QED) is 0.572. The second kappa shape index (κ2) is 6.70. The Hall–Kier alpha value is -2.87. The molecule has 0 unspecified atom stereocenters. The Balaban J connectivity index is 1.41. The van der Waals surface area contributed by atoms with Gasteiger partial charge in [-0.3, -0.25) is 0 Å². The zero-order chi connectivity index (χ0) is 18.2. The summed E-state index contributed by atoms with van der Waals surface area (Å²) >= 11 is 1.56. The molecule has 1 aromatic carbocycles. The van der Waals surface area contributed by atoms with Gasteiger partial charge in [0.15, 0.2) is 0 Å². The maximum absolute atomic E-state index is 13.3. The number of nitrogens with one attached hydrogen (secondary N) is 1. The predicted molar refractivity (Wildman–Crippen MR) is 103 cm³/mol. The second-order valence-electron chi connectivity index (χ2n) is 6.52. The van der Waals surface area contributed by atoms with Gasteiger partial charge in [0.25, 0.3) is 0 Å². The lowest BCUT2D eigenvalue weighted by Gasteiger charge is -2.09. The zero-order valence-electron chi connectivity index (χ0n) is 14.5. The smallest absolute Gasteiger partial charge is 0.138 e. The van der Waals surface area contributed by atoms with Crippen molar-refractivity contribution in [3.05, 3.63) is 53.4 Å². The molecule has 0 atom stereocenters. The molecule has 0 radical (unpaired) electrons. The third-order valence-corrected chi connectivity index (χ3v) is 5.74. The number of nitrogens with zero attached hydrogens (tertiary/aromatic N) is 5. The summed E-state index contributed by atoms with van der Waals surface area (Å²) in [4.78, 5) is 9.73. The molecule has 6 nitrogen and oxygen atoms in total. The van der Waals surface area contributed by atoms with Crippen molar-refractivity contribution in [2.75, 3.05) is 11.9 Å². The molecule has 4 aromatic rings. The van der Waals surface area contributed by atoms with E-state index in [2.05, 4.69) is 30.0 Å². The minimum Gasteiger partial charge on any atom is -0.369 e. The molecular formula is C19H17FN6S. The van der Waals surface area contributed by atoms with E-state index in [1.165, 1.54) is 12.1 Å². The van der Waals surface area contributed by atoms with E-state index in [1.54, 1.807) is 29.8 Å². The first-order chi connectivity index (χ1) is 13.3. The topological polar surface area (TPSA) is 68.5 Å². The largest absolute Gasteiger partial charge is 0.369 e. The van der Waals surface area contributed by atoms with Gasteiger partial charge < -0.3 is 9.88 Å². The molecule has 0 bridgehead atoms. The van der Waals surface area contributed by atoms with Crippen LogP contribution in [0.3, 0.4) is 0 Å². The van der Waals surface area contributed by atoms with Crippen LogP contribution in [0.25, 0.3) is 21.3 Å². The molecule has 1 N–H and O–H groups in total. The Morgan fingerprint density at radius 1 is 1.15 bits per heavy atom. The summed E-state index contributed by atoms with van der Waals surface area (Å²) in [5.74, 6) is 2.66. The lowest BCUT2D eigenvalue weighted by Crippen LogP contribution is -2.11. The SMILES string of the molecule is Fc1ccc(-c2csc3ncnc(NCCc4nnc5n4CCC5)c23)cc1. The molecule has 5 rings (SSSR count). The molecule has 0 saturated heterocycles. The molecule has 4 heterocycles. The van der Waals surface area contributed by atoms with Crippen LogP contribution in [-0.4, -0.2) is 31.3 Å². The molecule has 1 aliphatic heterocycles. The lowest BCUT2D eigenvalue weighted by molar-refractivity contribution is 0.628. The number of benzene rings is 1. The number of hydrogen-bond donors (Lipinski definition) is 1. The zero-order valence-corrected chi connectivity index (χ0v) is 15.3. The highest BCUT2D eigenvalue weighted by Gasteiger charge is 2.17. The van der Waals surface area contributed by atoms with Crippen molar-refractivity contribution >= 4 is 27.4 Å². The summed E-state index contributed by atoms with van der Waals surface area (Å²) in [6.07, 6.45) is 4.52. The number of hydrogen-bond acceptors (Lipinski definition) is 6. The molecule has 27 heavy (non-hydrogen) atoms. The van der Waals surface area contributed by atoms with Crippen LogP contribution in [0, 0.1) is 5.82 Å². The van der Waals surface area contributed by atoms with E-state index in [-0.39, 0.29) is 5.82 Å². The fourth-order valence-corrected chi connectivity index (χ4v) is 4.46. The van der Waals surface area contributed by atoms with E-state index in [9.17, 15) is 4.39 Å². The monoisotopic (exact) mass is 380 g/mol. The molecule has 136 valence electrons. The van der Waals surface area contributed by atoms with Gasteiger partial charge in [-0.1, -0.05) is 12.1 Å². The molecule has 0 aliphatic carbocycles. The van der Waals surface area contributed by atoms with Crippen molar-refractivity contribution in [3.63, 3.8) is 0 Å². The average Bonchev–Trinajstić information content (AvgIpc) is 3.39. The Kier molecular flexibility index (Phi) is 4.05. The Morgan fingerprint density at radius 3 is 2.93 bits per heavy atom. The molecule has 8 heteroatoms. The van der Waals surface area contributed by atoms with Crippen LogP contribution in [0.5, 0.6) is 0 Å². The van der Waals surface area contributed by atoms with Crippen molar-refractivity contribution in [2.24, 2.45) is 0 Å². The maximum Gasteiger partial charge on any atom is 0.138 e. The highest BCUT2D eigenvalue weighted by Crippen LogP contribution is 2.36. The Labute approximate surface area is 159 Å². The van der Waals surface area contributed by atoms with Crippen LogP contribution in [0.15, 0.2) is 36.0 Å². The Bertz CT molecular complexity index is 1100. The van der Waals surface area contributed by atoms with Crippen LogP contribution < -0.4 is 5.32 Å². The van der Waals surface area contributed by atoms with Gasteiger partial charge in [0.2, 0.25) is 0 Å². The summed E-state index contributed by atoms with van der Waals surface area (Å²) in [6.45, 7) is 1.72. The standard InChI is InChI=1S/C19H17FN6S/c20-13-5-3-12(4-6-13)14-10-27-19-17(14)18(22-11-23-19)21-8-7-16-25-24-15-2-1-9-26(15)16/h3-6,10-11H,1-2,7-9H2,(H,21,22,23). The first-order valence-electron chi connectivity index (χ1n) is 8.92. The van der Waals surface area contributed by atoms with Gasteiger partial charge in [-0.05, 0) is 24.1 Å². The van der Waals surface area contributed by atoms with E-state index >= 15 is 0 Å². The van der Waals surface area contributed by atoms with Crippen LogP contribution in [0.1, 0.15) is 18.1 Å². The molecule has 3 aromatic heterocycles. The second-order valence-corrected chi connectivity index (χ2v) is 7.38. The van der Waals surface area contributed by atoms with Crippen molar-refractivity contribution in [3.8, 4) is 11.1 Å². The summed E-state index contributed by atoms with van der Waals surface area (Å²) < 4.78 is 15.5. The van der Waals surface area contributed by atoms with Gasteiger partial charge in [0.1, 0.15) is 34.4 Å². The van der Waals surface area contributed by atoms with E-state index in [4.69, 9.17) is 0 Å². The van der Waals surface area contributed by atoms with E-state index < -0.39 is 0 Å². The number of fused-ring (bicyclic) bond motifs is 2. The maximum atomic E-state index is 13.3. The summed E-state index contributed by atoms with van der Waals surface area (Å²) in [6, 6.07) is 6.52. The van der Waals surface area contributed by atoms with Gasteiger partial charge in [-0.2, -0.15) is 0 Å². The fraction of sp³-hybridized carbons (Fsp3) is 0.263. The number of aryl methyl sites for hydroxylation is 1. The normalized spacial score (nSPS) is 13.2. The number of thiophene rings is 1. The molecule has 0 spiro atoms. The Morgan fingerprint density at radius 2 is 2.04 bits per heavy atom. The van der Waals surface area contributed by atoms with E-state index in [1.807, 2.05) is 5.38 Å².